The summed E-state index contributed by atoms with van der Waals surface area (Å²) in [6.45, 7) is 1.46. The summed E-state index contributed by atoms with van der Waals surface area (Å²) >= 11 is 0. The van der Waals surface area contributed by atoms with Crippen LogP contribution in [-0.2, 0) is 9.53 Å². The van der Waals surface area contributed by atoms with Gasteiger partial charge in [-0.3, -0.25) is 4.79 Å². The van der Waals surface area contributed by atoms with Crippen molar-refractivity contribution >= 4 is 17.4 Å². The van der Waals surface area contributed by atoms with Gasteiger partial charge in [-0.15, -0.1) is 0 Å². The number of anilines is 2. The summed E-state index contributed by atoms with van der Waals surface area (Å²) in [7, 11) is 1.56. The van der Waals surface area contributed by atoms with Crippen LogP contribution in [-0.4, -0.2) is 43.9 Å². The number of rotatable bonds is 8. The molecule has 0 radical (unpaired) electrons. The van der Waals surface area contributed by atoms with E-state index in [1.54, 1.807) is 31.5 Å². The molecule has 1 aliphatic heterocycles. The van der Waals surface area contributed by atoms with E-state index in [0.29, 0.717) is 17.2 Å². The molecule has 1 amide bonds. The van der Waals surface area contributed by atoms with Gasteiger partial charge in [0.05, 0.1) is 25.1 Å². The zero-order valence-corrected chi connectivity index (χ0v) is 14.7. The van der Waals surface area contributed by atoms with Gasteiger partial charge in [0.25, 0.3) is 5.91 Å². The van der Waals surface area contributed by atoms with Crippen molar-refractivity contribution in [1.82, 2.24) is 4.98 Å². The molecule has 0 spiro atoms. The fraction of sp³-hybridized carbons (Fsp3) is 0.368. The minimum Gasteiger partial charge on any atom is -0.493 e. The first-order valence-electron chi connectivity index (χ1n) is 8.62. The van der Waals surface area contributed by atoms with Crippen LogP contribution in [0.25, 0.3) is 0 Å². The van der Waals surface area contributed by atoms with E-state index in [9.17, 15) is 4.79 Å². The number of para-hydroxylation sites is 2. The highest BCUT2D eigenvalue weighted by Gasteiger charge is 2.15. The zero-order valence-electron chi connectivity index (χ0n) is 14.7. The number of carbonyl (C=O) groups excluding carboxylic acids is 1. The van der Waals surface area contributed by atoms with E-state index in [1.807, 2.05) is 18.2 Å². The monoisotopic (exact) mass is 357 g/mol. The average Bonchev–Trinajstić information content (AvgIpc) is 3.20. The zero-order chi connectivity index (χ0) is 18.2. The molecule has 1 saturated heterocycles. The molecule has 138 valence electrons. The Balaban J connectivity index is 1.45. The third-order valence-corrected chi connectivity index (χ3v) is 4.01. The number of nitrogens with zero attached hydrogens (tertiary/aromatic N) is 1. The first kappa shape index (κ1) is 18.0. The van der Waals surface area contributed by atoms with E-state index < -0.39 is 0 Å². The topological polar surface area (TPSA) is 81.7 Å². The highest BCUT2D eigenvalue weighted by Crippen LogP contribution is 2.25. The third-order valence-electron chi connectivity index (χ3n) is 4.01. The second kappa shape index (κ2) is 9.05. The van der Waals surface area contributed by atoms with Gasteiger partial charge in [0.1, 0.15) is 5.82 Å². The van der Waals surface area contributed by atoms with E-state index in [0.717, 1.165) is 31.8 Å². The standard InChI is InChI=1S/C19H23N3O4/c1-24-16-6-2-3-7-17(16)26-13-19(23)22-14-8-9-18(20-11-14)21-12-15-5-4-10-25-15/h2-3,6-9,11,15H,4-5,10,12-13H2,1H3,(H,20,21)(H,22,23). The molecule has 7 heteroatoms. The summed E-state index contributed by atoms with van der Waals surface area (Å²) in [5.41, 5.74) is 0.612. The van der Waals surface area contributed by atoms with Crippen LogP contribution < -0.4 is 20.1 Å². The van der Waals surface area contributed by atoms with Crippen molar-refractivity contribution in [2.75, 3.05) is 37.5 Å². The molecule has 0 saturated carbocycles. The maximum absolute atomic E-state index is 12.0. The molecule has 0 bridgehead atoms. The Labute approximate surface area is 152 Å². The number of benzene rings is 1. The Morgan fingerprint density at radius 3 is 2.81 bits per heavy atom. The van der Waals surface area contributed by atoms with E-state index >= 15 is 0 Å². The number of nitrogens with one attached hydrogen (secondary N) is 2. The van der Waals surface area contributed by atoms with Crippen molar-refractivity contribution in [1.29, 1.82) is 0 Å². The quantitative estimate of drug-likeness (QED) is 0.756. The predicted octanol–water partition coefficient (Wildman–Crippen LogP) is 2.70. The molecule has 1 fully saturated rings. The highest BCUT2D eigenvalue weighted by atomic mass is 16.5. The normalized spacial score (nSPS) is 16.1. The molecule has 26 heavy (non-hydrogen) atoms. The van der Waals surface area contributed by atoms with Crippen LogP contribution in [0.15, 0.2) is 42.6 Å². The average molecular weight is 357 g/mol. The number of ether oxygens (including phenoxy) is 3. The van der Waals surface area contributed by atoms with E-state index in [1.165, 1.54) is 0 Å². The van der Waals surface area contributed by atoms with Gasteiger partial charge in [-0.1, -0.05) is 12.1 Å². The van der Waals surface area contributed by atoms with Gasteiger partial charge in [0.2, 0.25) is 0 Å². The molecule has 0 aliphatic carbocycles. The fourth-order valence-electron chi connectivity index (χ4n) is 2.67. The van der Waals surface area contributed by atoms with E-state index in [4.69, 9.17) is 14.2 Å². The molecule has 1 atom stereocenters. The Kier molecular flexibility index (Phi) is 6.27. The smallest absolute Gasteiger partial charge is 0.262 e. The van der Waals surface area contributed by atoms with Gasteiger partial charge in [-0.25, -0.2) is 4.98 Å². The highest BCUT2D eigenvalue weighted by molar-refractivity contribution is 5.91. The lowest BCUT2D eigenvalue weighted by Gasteiger charge is -2.12. The number of pyridine rings is 1. The fourth-order valence-corrected chi connectivity index (χ4v) is 2.67. The molecule has 7 nitrogen and oxygen atoms in total. The molecule has 1 aliphatic rings. The largest absolute Gasteiger partial charge is 0.493 e. The van der Waals surface area contributed by atoms with Crippen LogP contribution in [0.2, 0.25) is 0 Å². The molecule has 1 unspecified atom stereocenters. The SMILES string of the molecule is COc1ccccc1OCC(=O)Nc1ccc(NCC2CCCO2)nc1. The van der Waals surface area contributed by atoms with Gasteiger partial charge in [0.15, 0.2) is 18.1 Å². The molecule has 3 rings (SSSR count). The van der Waals surface area contributed by atoms with Crippen molar-refractivity contribution < 1.29 is 19.0 Å². The van der Waals surface area contributed by atoms with Crippen molar-refractivity contribution in [3.63, 3.8) is 0 Å². The predicted molar refractivity (Wildman–Crippen MR) is 98.8 cm³/mol. The van der Waals surface area contributed by atoms with Gasteiger partial charge in [0, 0.05) is 13.2 Å². The maximum Gasteiger partial charge on any atom is 0.262 e. The summed E-state index contributed by atoms with van der Waals surface area (Å²) in [4.78, 5) is 16.3. The van der Waals surface area contributed by atoms with Crippen molar-refractivity contribution in [3.8, 4) is 11.5 Å². The molecule has 1 aromatic heterocycles. The third kappa shape index (κ3) is 5.10. The second-order valence-corrected chi connectivity index (χ2v) is 5.94. The molecular weight excluding hydrogens is 334 g/mol. The van der Waals surface area contributed by atoms with Crippen molar-refractivity contribution in [2.45, 2.75) is 18.9 Å². The minimum atomic E-state index is -0.266. The Bertz CT molecular complexity index is 715. The molecule has 2 heterocycles. The number of hydrogen-bond donors (Lipinski definition) is 2. The number of carbonyl (C=O) groups is 1. The lowest BCUT2D eigenvalue weighted by molar-refractivity contribution is -0.118. The van der Waals surface area contributed by atoms with E-state index in [-0.39, 0.29) is 18.6 Å². The molecule has 1 aromatic carbocycles. The Hall–Kier alpha value is -2.80. The molecule has 2 N–H and O–H groups in total. The van der Waals surface area contributed by atoms with Gasteiger partial charge in [-0.2, -0.15) is 0 Å². The van der Waals surface area contributed by atoms with Crippen LogP contribution in [0.4, 0.5) is 11.5 Å². The van der Waals surface area contributed by atoms with Crippen LogP contribution >= 0.6 is 0 Å². The molecule has 2 aromatic rings. The molecular formula is C19H23N3O4. The van der Waals surface area contributed by atoms with Crippen LogP contribution in [0.3, 0.4) is 0 Å². The Morgan fingerprint density at radius 1 is 1.27 bits per heavy atom. The van der Waals surface area contributed by atoms with Gasteiger partial charge < -0.3 is 24.8 Å². The number of methoxy groups -OCH3 is 1. The maximum atomic E-state index is 12.0. The minimum absolute atomic E-state index is 0.112. The lowest BCUT2D eigenvalue weighted by atomic mass is 10.2. The second-order valence-electron chi connectivity index (χ2n) is 5.94. The van der Waals surface area contributed by atoms with Crippen LogP contribution in [0.1, 0.15) is 12.8 Å². The van der Waals surface area contributed by atoms with Crippen molar-refractivity contribution in [3.05, 3.63) is 42.6 Å². The summed E-state index contributed by atoms with van der Waals surface area (Å²) in [6, 6.07) is 10.8. The summed E-state index contributed by atoms with van der Waals surface area (Å²) in [6.07, 6.45) is 4.05. The van der Waals surface area contributed by atoms with E-state index in [2.05, 4.69) is 15.6 Å². The summed E-state index contributed by atoms with van der Waals surface area (Å²) < 4.78 is 16.2. The first-order chi connectivity index (χ1) is 12.7. The summed E-state index contributed by atoms with van der Waals surface area (Å²) in [5.74, 6) is 1.60. The lowest BCUT2D eigenvalue weighted by Crippen LogP contribution is -2.21. The van der Waals surface area contributed by atoms with Crippen molar-refractivity contribution in [2.24, 2.45) is 0 Å². The summed E-state index contributed by atoms with van der Waals surface area (Å²) in [5, 5.41) is 5.99. The Morgan fingerprint density at radius 2 is 2.12 bits per heavy atom. The first-order valence-corrected chi connectivity index (χ1v) is 8.62. The van der Waals surface area contributed by atoms with Gasteiger partial charge >= 0.3 is 0 Å². The van der Waals surface area contributed by atoms with Crippen LogP contribution in [0.5, 0.6) is 11.5 Å². The number of hydrogen-bond acceptors (Lipinski definition) is 6. The van der Waals surface area contributed by atoms with Gasteiger partial charge in [-0.05, 0) is 37.1 Å². The number of amides is 1. The number of aromatic nitrogens is 1. The van der Waals surface area contributed by atoms with Crippen LogP contribution in [0, 0.1) is 0 Å².